The summed E-state index contributed by atoms with van der Waals surface area (Å²) in [6.45, 7) is 5.92. The molecule has 1 amide bonds. The highest BCUT2D eigenvalue weighted by atomic mass is 19.4. The minimum Gasteiger partial charge on any atom is -0.486 e. The lowest BCUT2D eigenvalue weighted by Crippen LogP contribution is -2.59. The van der Waals surface area contributed by atoms with Crippen molar-refractivity contribution in [3.63, 3.8) is 0 Å². The molecule has 5 rings (SSSR count). The molecule has 2 aromatic heterocycles. The van der Waals surface area contributed by atoms with Gasteiger partial charge >= 0.3 is 6.18 Å². The van der Waals surface area contributed by atoms with Gasteiger partial charge < -0.3 is 19.4 Å². The third kappa shape index (κ3) is 4.92. The predicted octanol–water partition coefficient (Wildman–Crippen LogP) is 4.57. The minimum absolute atomic E-state index is 0.0498. The molecule has 2 aliphatic rings. The zero-order chi connectivity index (χ0) is 26.5. The molecule has 2 fully saturated rings. The number of aryl methyl sites for hydroxylation is 1. The summed E-state index contributed by atoms with van der Waals surface area (Å²) < 4.78 is 53.3. The highest BCUT2D eigenvalue weighted by Gasteiger charge is 2.45. The van der Waals surface area contributed by atoms with E-state index in [9.17, 15) is 22.8 Å². The molecule has 1 N–H and O–H groups in total. The van der Waals surface area contributed by atoms with Crippen molar-refractivity contribution in [3.05, 3.63) is 63.3 Å². The van der Waals surface area contributed by atoms with E-state index in [-0.39, 0.29) is 45.8 Å². The van der Waals surface area contributed by atoms with Crippen molar-refractivity contribution >= 4 is 16.9 Å². The fourth-order valence-corrected chi connectivity index (χ4v) is 5.08. The highest BCUT2D eigenvalue weighted by molar-refractivity contribution is 5.94. The molecule has 1 aromatic carbocycles. The Kier molecular flexibility index (Phi) is 6.21. The van der Waals surface area contributed by atoms with Crippen molar-refractivity contribution in [1.82, 2.24) is 19.9 Å². The number of morpholine rings is 1. The number of halogens is 3. The van der Waals surface area contributed by atoms with E-state index in [4.69, 9.17) is 9.47 Å². The van der Waals surface area contributed by atoms with Crippen LogP contribution in [0.25, 0.3) is 11.0 Å². The van der Waals surface area contributed by atoms with Crippen LogP contribution in [0.5, 0.6) is 5.75 Å². The molecule has 1 aliphatic carbocycles. The summed E-state index contributed by atoms with van der Waals surface area (Å²) in [6.07, 6.45) is -2.94. The van der Waals surface area contributed by atoms with E-state index in [1.165, 1.54) is 13.8 Å². The predicted molar refractivity (Wildman–Crippen MR) is 128 cm³/mol. The van der Waals surface area contributed by atoms with Crippen LogP contribution >= 0.6 is 0 Å². The van der Waals surface area contributed by atoms with Crippen LogP contribution in [-0.2, 0) is 10.9 Å². The molecule has 37 heavy (non-hydrogen) atoms. The molecule has 2 unspecified atom stereocenters. The molecule has 1 aliphatic heterocycles. The number of nitrogens with zero attached hydrogens (tertiary/aromatic N) is 3. The number of carbonyl (C=O) groups is 1. The van der Waals surface area contributed by atoms with E-state index in [1.54, 1.807) is 29.2 Å². The van der Waals surface area contributed by atoms with E-state index in [0.29, 0.717) is 18.7 Å². The third-order valence-electron chi connectivity index (χ3n) is 6.92. The van der Waals surface area contributed by atoms with E-state index < -0.39 is 23.5 Å². The molecule has 196 valence electrons. The summed E-state index contributed by atoms with van der Waals surface area (Å²) in [5.74, 6) is 0.319. The van der Waals surface area contributed by atoms with Gasteiger partial charge in [0.2, 0.25) is 0 Å². The number of alkyl halides is 3. The average Bonchev–Trinajstić information content (AvgIpc) is 2.81. The summed E-state index contributed by atoms with van der Waals surface area (Å²) in [7, 11) is 0. The number of nitrogens with one attached hydrogen (secondary N) is 1. The van der Waals surface area contributed by atoms with Gasteiger partial charge in [-0.15, -0.1) is 0 Å². The molecular formula is C26H27F3N4O4. The third-order valence-corrected chi connectivity index (χ3v) is 6.92. The molecule has 3 aromatic rings. The van der Waals surface area contributed by atoms with Gasteiger partial charge in [0.25, 0.3) is 11.5 Å². The van der Waals surface area contributed by atoms with E-state index in [0.717, 1.165) is 25.3 Å². The Labute approximate surface area is 210 Å². The number of amides is 1. The summed E-state index contributed by atoms with van der Waals surface area (Å²) in [5, 5.41) is -0.0611. The van der Waals surface area contributed by atoms with E-state index >= 15 is 0 Å². The smallest absolute Gasteiger partial charge is 0.433 e. The van der Waals surface area contributed by atoms with Crippen LogP contribution in [0.1, 0.15) is 66.7 Å². The monoisotopic (exact) mass is 516 g/mol. The minimum atomic E-state index is -4.78. The Balaban J connectivity index is 1.37. The lowest BCUT2D eigenvalue weighted by molar-refractivity contribution is -0.176. The molecule has 0 bridgehead atoms. The van der Waals surface area contributed by atoms with Gasteiger partial charge in [0, 0.05) is 17.7 Å². The standard InChI is InChI=1S/C26H27F3N4O4/c1-14-12-33(13-25(37-14)9-4-10-25)24(35)17-5-7-18(8-6-17)36-15(2)19-11-20-22(30-16(3)31-23(20)34)32-21(19)26(27,28)29/h5-8,11,14-15H,4,9-10,12-13H2,1-3H3,(H,30,31,32,34). The summed E-state index contributed by atoms with van der Waals surface area (Å²) in [6, 6.07) is 7.41. The fraction of sp³-hybridized carbons (Fsp3) is 0.462. The molecule has 3 heterocycles. The lowest BCUT2D eigenvalue weighted by Gasteiger charge is -2.50. The largest absolute Gasteiger partial charge is 0.486 e. The first kappa shape index (κ1) is 25.2. The number of hydrogen-bond donors (Lipinski definition) is 1. The molecule has 2 atom stereocenters. The number of fused-ring (bicyclic) bond motifs is 1. The number of pyridine rings is 1. The van der Waals surface area contributed by atoms with Crippen LogP contribution in [0.2, 0.25) is 0 Å². The molecular weight excluding hydrogens is 489 g/mol. The lowest BCUT2D eigenvalue weighted by atomic mass is 9.78. The number of aromatic amines is 1. The molecule has 0 radical (unpaired) electrons. The Morgan fingerprint density at radius 2 is 1.95 bits per heavy atom. The van der Waals surface area contributed by atoms with Gasteiger partial charge in [-0.25, -0.2) is 9.97 Å². The maximum absolute atomic E-state index is 13.8. The molecule has 1 saturated carbocycles. The molecule has 1 spiro atoms. The fourth-order valence-electron chi connectivity index (χ4n) is 5.08. The first-order valence-electron chi connectivity index (χ1n) is 12.2. The Morgan fingerprint density at radius 3 is 2.57 bits per heavy atom. The second kappa shape index (κ2) is 9.13. The van der Waals surface area contributed by atoms with Crippen molar-refractivity contribution in [2.75, 3.05) is 13.1 Å². The SMILES string of the molecule is Cc1nc2nc(C(F)(F)F)c(C(C)Oc3ccc(C(=O)N4CC(C)OC5(CCC5)C4)cc3)cc2c(=O)[nH]1. The number of hydrogen-bond acceptors (Lipinski definition) is 6. The van der Waals surface area contributed by atoms with Crippen LogP contribution in [-0.4, -0.2) is 50.6 Å². The second-order valence-electron chi connectivity index (χ2n) is 9.88. The zero-order valence-corrected chi connectivity index (χ0v) is 20.7. The van der Waals surface area contributed by atoms with Crippen LogP contribution in [0.4, 0.5) is 13.2 Å². The Bertz CT molecular complexity index is 1400. The van der Waals surface area contributed by atoms with Gasteiger partial charge in [0.15, 0.2) is 11.3 Å². The van der Waals surface area contributed by atoms with E-state index in [1.807, 2.05) is 6.92 Å². The molecule has 11 heteroatoms. The van der Waals surface area contributed by atoms with Gasteiger partial charge in [-0.1, -0.05) is 0 Å². The van der Waals surface area contributed by atoms with Gasteiger partial charge in [-0.3, -0.25) is 9.59 Å². The number of carbonyl (C=O) groups excluding carboxylic acids is 1. The van der Waals surface area contributed by atoms with Crippen molar-refractivity contribution < 1.29 is 27.4 Å². The number of H-pyrrole nitrogens is 1. The first-order chi connectivity index (χ1) is 17.4. The summed E-state index contributed by atoms with van der Waals surface area (Å²) >= 11 is 0. The van der Waals surface area contributed by atoms with Crippen LogP contribution in [0.15, 0.2) is 35.1 Å². The normalized spacial score (nSPS) is 20.1. The second-order valence-corrected chi connectivity index (χ2v) is 9.88. The topological polar surface area (TPSA) is 97.4 Å². The van der Waals surface area contributed by atoms with Crippen LogP contribution in [0.3, 0.4) is 0 Å². The van der Waals surface area contributed by atoms with Gasteiger partial charge in [0.05, 0.1) is 23.6 Å². The highest BCUT2D eigenvalue weighted by Crippen LogP contribution is 2.40. The maximum atomic E-state index is 13.8. The molecule has 1 saturated heterocycles. The number of aromatic nitrogens is 3. The number of rotatable bonds is 4. The quantitative estimate of drug-likeness (QED) is 0.546. The Morgan fingerprint density at radius 1 is 1.24 bits per heavy atom. The van der Waals surface area contributed by atoms with Crippen LogP contribution < -0.4 is 10.3 Å². The first-order valence-corrected chi connectivity index (χ1v) is 12.2. The van der Waals surface area contributed by atoms with Gasteiger partial charge in [-0.2, -0.15) is 13.2 Å². The van der Waals surface area contributed by atoms with Gasteiger partial charge in [-0.05, 0) is 70.4 Å². The van der Waals surface area contributed by atoms with Crippen molar-refractivity contribution in [2.24, 2.45) is 0 Å². The maximum Gasteiger partial charge on any atom is 0.433 e. The number of ether oxygens (including phenoxy) is 2. The average molecular weight is 517 g/mol. The van der Waals surface area contributed by atoms with Crippen molar-refractivity contribution in [3.8, 4) is 5.75 Å². The summed E-state index contributed by atoms with van der Waals surface area (Å²) in [5.41, 5.74) is -2.10. The number of benzene rings is 1. The Hall–Kier alpha value is -3.47. The summed E-state index contributed by atoms with van der Waals surface area (Å²) in [4.78, 5) is 37.3. The van der Waals surface area contributed by atoms with Crippen molar-refractivity contribution in [2.45, 2.75) is 64.0 Å². The van der Waals surface area contributed by atoms with E-state index in [2.05, 4.69) is 15.0 Å². The van der Waals surface area contributed by atoms with Crippen LogP contribution in [0, 0.1) is 6.92 Å². The van der Waals surface area contributed by atoms with Crippen molar-refractivity contribution in [1.29, 1.82) is 0 Å². The molecule has 8 nitrogen and oxygen atoms in total. The zero-order valence-electron chi connectivity index (χ0n) is 20.7. The van der Waals surface area contributed by atoms with Gasteiger partial charge in [0.1, 0.15) is 17.7 Å².